The first-order valence-corrected chi connectivity index (χ1v) is 12.8. The topological polar surface area (TPSA) is 15.5 Å². The molecule has 2 aliphatic heterocycles. The maximum atomic E-state index is 5.53. The molecule has 0 saturated heterocycles. The molecule has 0 aromatic heterocycles. The Morgan fingerprint density at radius 2 is 1.71 bits per heavy atom. The quantitative estimate of drug-likeness (QED) is 0.363. The van der Waals surface area contributed by atoms with Gasteiger partial charge in [0.25, 0.3) is 0 Å². The number of fused-ring (bicyclic) bond motifs is 4. The molecule has 0 saturated carbocycles. The summed E-state index contributed by atoms with van der Waals surface area (Å²) in [5.74, 6) is 0.913. The van der Waals surface area contributed by atoms with Gasteiger partial charge < -0.3 is 9.64 Å². The molecule has 3 nitrogen and oxygen atoms in total. The lowest BCUT2D eigenvalue weighted by Gasteiger charge is -2.25. The van der Waals surface area contributed by atoms with E-state index in [0.29, 0.717) is 0 Å². The van der Waals surface area contributed by atoms with Crippen molar-refractivity contribution in [2.45, 2.75) is 52.4 Å². The summed E-state index contributed by atoms with van der Waals surface area (Å²) in [4.78, 5) is 2.43. The van der Waals surface area contributed by atoms with Crippen LogP contribution in [0.4, 0.5) is 11.4 Å². The van der Waals surface area contributed by atoms with Crippen LogP contribution < -0.4 is 9.64 Å². The molecule has 0 unspecified atom stereocenters. The molecule has 2 heterocycles. The molecule has 180 valence electrons. The van der Waals surface area contributed by atoms with E-state index in [4.69, 9.17) is 4.74 Å². The molecule has 0 spiro atoms. The lowest BCUT2D eigenvalue weighted by molar-refractivity contribution is -0.433. The standard InChI is InChI=1S/C32H37N2O/c1-8-33-26-20-18-23(35-7)21-25(26)31(3,4)28(33)15-12-16-29-32(5,6)30-24-14-11-10-13-22(24)17-19-27(30)34(29)9-2/h10-21H,8-9H2,1-7H3/q+1. The molecule has 3 aromatic rings. The van der Waals surface area contributed by atoms with Gasteiger partial charge in [0.2, 0.25) is 5.69 Å². The molecule has 5 rings (SSSR count). The minimum absolute atomic E-state index is 0.0762. The molecule has 3 aromatic carbocycles. The molecular weight excluding hydrogens is 428 g/mol. The van der Waals surface area contributed by atoms with Gasteiger partial charge in [-0.15, -0.1) is 0 Å². The summed E-state index contributed by atoms with van der Waals surface area (Å²) in [6.45, 7) is 15.7. The first kappa shape index (κ1) is 23.4. The van der Waals surface area contributed by atoms with Crippen LogP contribution in [-0.4, -0.2) is 30.5 Å². The second kappa shape index (κ2) is 8.41. The fourth-order valence-electron chi connectivity index (χ4n) is 6.23. The van der Waals surface area contributed by atoms with Crippen molar-refractivity contribution < 1.29 is 9.31 Å². The SMILES string of the molecule is CCN1C(=CC=CC2=[N+](CC)c3ccc4ccccc4c3C2(C)C)C(C)(C)c2cc(OC)ccc21. The van der Waals surface area contributed by atoms with Gasteiger partial charge in [-0.25, -0.2) is 0 Å². The van der Waals surface area contributed by atoms with Gasteiger partial charge in [0.1, 0.15) is 12.3 Å². The Morgan fingerprint density at radius 1 is 0.943 bits per heavy atom. The largest absolute Gasteiger partial charge is 0.497 e. The minimum Gasteiger partial charge on any atom is -0.497 e. The van der Waals surface area contributed by atoms with Gasteiger partial charge >= 0.3 is 0 Å². The van der Waals surface area contributed by atoms with E-state index in [2.05, 4.69) is 124 Å². The van der Waals surface area contributed by atoms with E-state index >= 15 is 0 Å². The van der Waals surface area contributed by atoms with E-state index in [-0.39, 0.29) is 10.8 Å². The van der Waals surface area contributed by atoms with E-state index in [1.807, 2.05) is 0 Å². The number of methoxy groups -OCH3 is 1. The van der Waals surface area contributed by atoms with Crippen LogP contribution >= 0.6 is 0 Å². The van der Waals surface area contributed by atoms with Crippen LogP contribution in [-0.2, 0) is 10.8 Å². The van der Waals surface area contributed by atoms with Crippen LogP contribution in [0.2, 0.25) is 0 Å². The van der Waals surface area contributed by atoms with Crippen LogP contribution in [0.15, 0.2) is 78.5 Å². The molecule has 35 heavy (non-hydrogen) atoms. The molecule has 0 atom stereocenters. The monoisotopic (exact) mass is 465 g/mol. The Bertz CT molecular complexity index is 1400. The summed E-state index contributed by atoms with van der Waals surface area (Å²) in [5, 5.41) is 2.66. The van der Waals surface area contributed by atoms with Gasteiger partial charge in [-0.05, 0) is 74.4 Å². The van der Waals surface area contributed by atoms with Crippen molar-refractivity contribution in [1.82, 2.24) is 0 Å². The highest BCUT2D eigenvalue weighted by molar-refractivity contribution is 6.07. The van der Waals surface area contributed by atoms with Crippen molar-refractivity contribution in [2.75, 3.05) is 25.1 Å². The Hall–Kier alpha value is -3.33. The number of rotatable bonds is 5. The summed E-state index contributed by atoms with van der Waals surface area (Å²) in [6, 6.07) is 19.8. The maximum Gasteiger partial charge on any atom is 0.210 e. The van der Waals surface area contributed by atoms with Gasteiger partial charge in [-0.3, -0.25) is 0 Å². The van der Waals surface area contributed by atoms with Crippen molar-refractivity contribution in [2.24, 2.45) is 0 Å². The highest BCUT2D eigenvalue weighted by atomic mass is 16.5. The number of hydrogen-bond acceptors (Lipinski definition) is 2. The Kier molecular flexibility index (Phi) is 5.62. The van der Waals surface area contributed by atoms with Gasteiger partial charge in [0, 0.05) is 41.1 Å². The molecular formula is C32H37N2O+. The first-order valence-electron chi connectivity index (χ1n) is 12.8. The predicted octanol–water partition coefficient (Wildman–Crippen LogP) is 7.50. The van der Waals surface area contributed by atoms with Gasteiger partial charge in [-0.1, -0.05) is 44.2 Å². The number of likely N-dealkylation sites (N-methyl/N-ethyl adjacent to an activating group) is 1. The summed E-state index contributed by atoms with van der Waals surface area (Å²) in [7, 11) is 1.74. The van der Waals surface area contributed by atoms with Crippen LogP contribution in [0.25, 0.3) is 10.8 Å². The molecule has 0 aliphatic carbocycles. The average Bonchev–Trinajstić information content (AvgIpc) is 3.21. The van der Waals surface area contributed by atoms with Crippen LogP contribution in [0, 0.1) is 0 Å². The number of ether oxygens (including phenoxy) is 1. The fraction of sp³-hybridized carbons (Fsp3) is 0.344. The van der Waals surface area contributed by atoms with Crippen LogP contribution in [0.3, 0.4) is 0 Å². The lowest BCUT2D eigenvalue weighted by atomic mass is 9.79. The summed E-state index contributed by atoms with van der Waals surface area (Å²) >= 11 is 0. The van der Waals surface area contributed by atoms with E-state index in [1.54, 1.807) is 7.11 Å². The van der Waals surface area contributed by atoms with Gasteiger partial charge in [0.15, 0.2) is 5.71 Å². The minimum atomic E-state index is -0.0936. The van der Waals surface area contributed by atoms with Gasteiger partial charge in [0.05, 0.1) is 12.5 Å². The molecule has 0 N–H and O–H groups in total. The summed E-state index contributed by atoms with van der Waals surface area (Å²) in [6.07, 6.45) is 6.91. The highest BCUT2D eigenvalue weighted by Gasteiger charge is 2.45. The van der Waals surface area contributed by atoms with E-state index < -0.39 is 0 Å². The second-order valence-corrected chi connectivity index (χ2v) is 10.6. The first-order chi connectivity index (χ1) is 16.7. The van der Waals surface area contributed by atoms with E-state index in [9.17, 15) is 0 Å². The maximum absolute atomic E-state index is 5.53. The Labute approximate surface area is 210 Å². The molecule has 3 heteroatoms. The molecule has 0 radical (unpaired) electrons. The average molecular weight is 466 g/mol. The molecule has 0 fully saturated rings. The molecule has 0 amide bonds. The van der Waals surface area contributed by atoms with Crippen molar-refractivity contribution >= 4 is 27.9 Å². The smallest absolute Gasteiger partial charge is 0.210 e. The number of benzene rings is 3. The third kappa shape index (κ3) is 3.43. The third-order valence-corrected chi connectivity index (χ3v) is 7.99. The van der Waals surface area contributed by atoms with E-state index in [1.165, 1.54) is 44.7 Å². The van der Waals surface area contributed by atoms with Gasteiger partial charge in [-0.2, -0.15) is 4.58 Å². The summed E-state index contributed by atoms with van der Waals surface area (Å²) < 4.78 is 8.01. The number of hydrogen-bond donors (Lipinski definition) is 0. The van der Waals surface area contributed by atoms with E-state index in [0.717, 1.165) is 18.8 Å². The Morgan fingerprint density at radius 3 is 2.43 bits per heavy atom. The van der Waals surface area contributed by atoms with Crippen LogP contribution in [0.1, 0.15) is 52.7 Å². The Balaban J connectivity index is 1.57. The zero-order valence-electron chi connectivity index (χ0n) is 22.1. The summed E-state index contributed by atoms with van der Waals surface area (Å²) in [5.41, 5.74) is 7.86. The third-order valence-electron chi connectivity index (χ3n) is 7.99. The zero-order chi connectivity index (χ0) is 25.0. The predicted molar refractivity (Wildman–Crippen MR) is 149 cm³/mol. The van der Waals surface area contributed by atoms with Crippen molar-refractivity contribution in [3.63, 3.8) is 0 Å². The number of nitrogens with zero attached hydrogens (tertiary/aromatic N) is 2. The normalized spacial score (nSPS) is 19.2. The molecule has 2 aliphatic rings. The molecule has 0 bridgehead atoms. The fourth-order valence-corrected chi connectivity index (χ4v) is 6.23. The highest BCUT2D eigenvalue weighted by Crippen LogP contribution is 2.49. The van der Waals surface area contributed by atoms with Crippen molar-refractivity contribution in [3.05, 3.63) is 89.6 Å². The number of anilines is 1. The lowest BCUT2D eigenvalue weighted by Crippen LogP contribution is -2.28. The number of allylic oxidation sites excluding steroid dienone is 4. The van der Waals surface area contributed by atoms with Crippen molar-refractivity contribution in [1.29, 1.82) is 0 Å². The second-order valence-electron chi connectivity index (χ2n) is 10.6. The van der Waals surface area contributed by atoms with Crippen molar-refractivity contribution in [3.8, 4) is 5.75 Å². The zero-order valence-corrected chi connectivity index (χ0v) is 22.1. The van der Waals surface area contributed by atoms with Crippen LogP contribution in [0.5, 0.6) is 5.75 Å².